The van der Waals surface area contributed by atoms with Crippen LogP contribution >= 0.6 is 12.4 Å². The summed E-state index contributed by atoms with van der Waals surface area (Å²) in [5.74, 6) is -0.299. The molecule has 1 heterocycles. The molecule has 0 spiro atoms. The van der Waals surface area contributed by atoms with Crippen molar-refractivity contribution in [3.05, 3.63) is 0 Å². The molecular formula is C11H20ClF3N2O3. The summed E-state index contributed by atoms with van der Waals surface area (Å²) >= 11 is 0. The monoisotopic (exact) mass is 320 g/mol. The number of piperidine rings is 1. The summed E-state index contributed by atoms with van der Waals surface area (Å²) in [6.45, 7) is -0.101. The number of ether oxygens (including phenoxy) is 2. The van der Waals surface area contributed by atoms with Crippen molar-refractivity contribution >= 4 is 18.3 Å². The number of amides is 1. The lowest BCUT2D eigenvalue weighted by molar-refractivity contribution is -0.173. The van der Waals surface area contributed by atoms with E-state index in [4.69, 9.17) is 4.74 Å². The number of methoxy groups -OCH3 is 1. The van der Waals surface area contributed by atoms with Crippen LogP contribution in [-0.4, -0.2) is 57.6 Å². The van der Waals surface area contributed by atoms with E-state index in [-0.39, 0.29) is 31.5 Å². The quantitative estimate of drug-likeness (QED) is 0.713. The van der Waals surface area contributed by atoms with E-state index in [0.717, 1.165) is 0 Å². The molecule has 1 aliphatic heterocycles. The van der Waals surface area contributed by atoms with Gasteiger partial charge in [-0.15, -0.1) is 12.4 Å². The fourth-order valence-corrected chi connectivity index (χ4v) is 1.94. The van der Waals surface area contributed by atoms with Crippen LogP contribution in [0.15, 0.2) is 0 Å². The van der Waals surface area contributed by atoms with Crippen molar-refractivity contribution in [2.24, 2.45) is 0 Å². The Labute approximate surface area is 122 Å². The molecule has 0 unspecified atom stereocenters. The highest BCUT2D eigenvalue weighted by Crippen LogP contribution is 2.22. The molecule has 0 aromatic heterocycles. The number of alkyl halides is 3. The second-order valence-corrected chi connectivity index (χ2v) is 4.37. The predicted octanol–water partition coefficient (Wildman–Crippen LogP) is 0.872. The molecule has 1 saturated heterocycles. The molecular weight excluding hydrogens is 301 g/mol. The van der Waals surface area contributed by atoms with Crippen LogP contribution in [0.1, 0.15) is 12.8 Å². The normalized spacial score (nSPS) is 18.2. The minimum atomic E-state index is -4.34. The van der Waals surface area contributed by atoms with Crippen molar-refractivity contribution in [3.63, 3.8) is 0 Å². The number of rotatable bonds is 6. The van der Waals surface area contributed by atoms with Gasteiger partial charge in [-0.2, -0.15) is 13.2 Å². The summed E-state index contributed by atoms with van der Waals surface area (Å²) in [7, 11) is 1.46. The van der Waals surface area contributed by atoms with Gasteiger partial charge in [0.1, 0.15) is 12.2 Å². The van der Waals surface area contributed by atoms with Crippen LogP contribution in [0, 0.1) is 0 Å². The summed E-state index contributed by atoms with van der Waals surface area (Å²) in [5, 5.41) is 5.66. The molecule has 0 saturated carbocycles. The van der Waals surface area contributed by atoms with Gasteiger partial charge in [0.05, 0.1) is 6.61 Å². The molecule has 2 N–H and O–H groups in total. The maximum Gasteiger partial charge on any atom is 0.411 e. The zero-order chi connectivity index (χ0) is 14.4. The highest BCUT2D eigenvalue weighted by molar-refractivity contribution is 5.85. The molecule has 1 amide bonds. The Bertz CT molecular complexity index is 297. The number of nitrogens with one attached hydrogen (secondary N) is 2. The number of carbonyl (C=O) groups is 1. The van der Waals surface area contributed by atoms with Crippen molar-refractivity contribution in [2.45, 2.75) is 24.6 Å². The topological polar surface area (TPSA) is 59.6 Å². The molecule has 0 atom stereocenters. The zero-order valence-corrected chi connectivity index (χ0v) is 12.0. The van der Waals surface area contributed by atoms with Gasteiger partial charge in [-0.3, -0.25) is 4.79 Å². The summed E-state index contributed by atoms with van der Waals surface area (Å²) in [5.41, 5.74) is -0.880. The smallest absolute Gasteiger partial charge is 0.370 e. The number of halogens is 4. The van der Waals surface area contributed by atoms with Crippen molar-refractivity contribution < 1.29 is 27.4 Å². The molecule has 0 aliphatic carbocycles. The first-order valence-electron chi connectivity index (χ1n) is 6.08. The van der Waals surface area contributed by atoms with Gasteiger partial charge < -0.3 is 20.1 Å². The van der Waals surface area contributed by atoms with Gasteiger partial charge in [0, 0.05) is 13.7 Å². The van der Waals surface area contributed by atoms with Gasteiger partial charge in [-0.05, 0) is 25.9 Å². The Morgan fingerprint density at radius 1 is 1.35 bits per heavy atom. The van der Waals surface area contributed by atoms with Crippen LogP contribution in [-0.2, 0) is 14.3 Å². The van der Waals surface area contributed by atoms with Gasteiger partial charge in [-0.25, -0.2) is 0 Å². The minimum Gasteiger partial charge on any atom is -0.370 e. The van der Waals surface area contributed by atoms with Crippen LogP contribution in [0.4, 0.5) is 13.2 Å². The average molecular weight is 321 g/mol. The Morgan fingerprint density at radius 2 is 1.95 bits per heavy atom. The van der Waals surface area contributed by atoms with Crippen LogP contribution in [0.5, 0.6) is 0 Å². The average Bonchev–Trinajstić information content (AvgIpc) is 2.37. The van der Waals surface area contributed by atoms with E-state index in [0.29, 0.717) is 25.9 Å². The Kier molecular flexibility index (Phi) is 8.41. The summed E-state index contributed by atoms with van der Waals surface area (Å²) < 4.78 is 45.1. The predicted molar refractivity (Wildman–Crippen MR) is 69.0 cm³/mol. The SMILES string of the molecule is COC1(C(=O)NCCOCC(F)(F)F)CCNCC1.Cl. The lowest BCUT2D eigenvalue weighted by Crippen LogP contribution is -2.54. The third-order valence-electron chi connectivity index (χ3n) is 3.01. The van der Waals surface area contributed by atoms with Crippen LogP contribution in [0.3, 0.4) is 0 Å². The zero-order valence-electron chi connectivity index (χ0n) is 11.2. The molecule has 120 valence electrons. The number of hydrogen-bond acceptors (Lipinski definition) is 4. The molecule has 1 fully saturated rings. The standard InChI is InChI=1S/C11H19F3N2O3.ClH/c1-18-10(2-4-15-5-3-10)9(17)16-6-7-19-8-11(12,13)14;/h15H,2-8H2,1H3,(H,16,17);1H. The summed E-state index contributed by atoms with van der Waals surface area (Å²) in [6, 6.07) is 0. The highest BCUT2D eigenvalue weighted by Gasteiger charge is 2.39. The molecule has 0 bridgehead atoms. The van der Waals surface area contributed by atoms with Gasteiger partial charge >= 0.3 is 6.18 Å². The summed E-state index contributed by atoms with van der Waals surface area (Å²) in [6.07, 6.45) is -3.26. The maximum absolute atomic E-state index is 12.0. The molecule has 9 heteroatoms. The summed E-state index contributed by atoms with van der Waals surface area (Å²) in [4.78, 5) is 12.0. The first-order chi connectivity index (χ1) is 8.90. The highest BCUT2D eigenvalue weighted by atomic mass is 35.5. The first kappa shape index (κ1) is 19.4. The Balaban J connectivity index is 0.00000361. The second kappa shape index (κ2) is 8.66. The van der Waals surface area contributed by atoms with E-state index in [1.54, 1.807) is 0 Å². The van der Waals surface area contributed by atoms with Crippen molar-refractivity contribution in [2.75, 3.05) is 40.0 Å². The van der Waals surface area contributed by atoms with Crippen molar-refractivity contribution in [3.8, 4) is 0 Å². The van der Waals surface area contributed by atoms with Crippen LogP contribution in [0.2, 0.25) is 0 Å². The fraction of sp³-hybridized carbons (Fsp3) is 0.909. The molecule has 5 nitrogen and oxygen atoms in total. The second-order valence-electron chi connectivity index (χ2n) is 4.37. The fourth-order valence-electron chi connectivity index (χ4n) is 1.94. The Hall–Kier alpha value is -0.570. The molecule has 0 radical (unpaired) electrons. The minimum absolute atomic E-state index is 0. The van der Waals surface area contributed by atoms with Crippen LogP contribution in [0.25, 0.3) is 0 Å². The van der Waals surface area contributed by atoms with Gasteiger partial charge in [0.15, 0.2) is 0 Å². The molecule has 20 heavy (non-hydrogen) atoms. The number of hydrogen-bond donors (Lipinski definition) is 2. The van der Waals surface area contributed by atoms with Crippen molar-refractivity contribution in [1.29, 1.82) is 0 Å². The largest absolute Gasteiger partial charge is 0.411 e. The van der Waals surface area contributed by atoms with Crippen LogP contribution < -0.4 is 10.6 Å². The number of carbonyl (C=O) groups excluding carboxylic acids is 1. The third-order valence-corrected chi connectivity index (χ3v) is 3.01. The molecule has 1 rings (SSSR count). The van der Waals surface area contributed by atoms with E-state index in [1.165, 1.54) is 7.11 Å². The lowest BCUT2D eigenvalue weighted by atomic mass is 9.91. The van der Waals surface area contributed by atoms with E-state index in [2.05, 4.69) is 15.4 Å². The van der Waals surface area contributed by atoms with Crippen molar-refractivity contribution in [1.82, 2.24) is 10.6 Å². The van der Waals surface area contributed by atoms with E-state index >= 15 is 0 Å². The maximum atomic E-state index is 12.0. The van der Waals surface area contributed by atoms with E-state index in [9.17, 15) is 18.0 Å². The molecule has 0 aromatic rings. The van der Waals surface area contributed by atoms with Gasteiger partial charge in [-0.1, -0.05) is 0 Å². The Morgan fingerprint density at radius 3 is 2.45 bits per heavy atom. The molecule has 0 aromatic carbocycles. The first-order valence-corrected chi connectivity index (χ1v) is 6.08. The lowest BCUT2D eigenvalue weighted by Gasteiger charge is -2.34. The molecule has 1 aliphatic rings. The third kappa shape index (κ3) is 6.25. The van der Waals surface area contributed by atoms with E-state index in [1.807, 2.05) is 0 Å². The van der Waals surface area contributed by atoms with Gasteiger partial charge in [0.2, 0.25) is 0 Å². The van der Waals surface area contributed by atoms with Gasteiger partial charge in [0.25, 0.3) is 5.91 Å². The van der Waals surface area contributed by atoms with E-state index < -0.39 is 18.4 Å².